The lowest BCUT2D eigenvalue weighted by molar-refractivity contribution is -0.134. The molecule has 0 aliphatic heterocycles. The van der Waals surface area contributed by atoms with Crippen molar-refractivity contribution in [2.24, 2.45) is 0 Å². The molecule has 1 amide bonds. The Kier molecular flexibility index (Phi) is 7.25. The van der Waals surface area contributed by atoms with Crippen LogP contribution in [0.2, 0.25) is 5.02 Å². The standard InChI is InChI=1S/C26H20ClNO6/c27-19-8-6-18(7-9-19)22-16-32-23-14-20(10-11-21(23)25(22)30)34-24(29)12-13-28-26(31)33-15-17-4-2-1-3-5-17/h1-11,14,16H,12-13,15H2,(H,28,31). The Labute approximate surface area is 199 Å². The van der Waals surface area contributed by atoms with E-state index in [1.165, 1.54) is 18.4 Å². The molecule has 3 aromatic carbocycles. The molecule has 0 fully saturated rings. The van der Waals surface area contributed by atoms with Crippen LogP contribution < -0.4 is 15.5 Å². The van der Waals surface area contributed by atoms with Crippen molar-refractivity contribution in [1.82, 2.24) is 5.32 Å². The largest absolute Gasteiger partial charge is 0.463 e. The predicted molar refractivity (Wildman–Crippen MR) is 128 cm³/mol. The summed E-state index contributed by atoms with van der Waals surface area (Å²) in [6, 6.07) is 20.7. The van der Waals surface area contributed by atoms with E-state index in [0.717, 1.165) is 5.56 Å². The molecule has 0 saturated carbocycles. The van der Waals surface area contributed by atoms with Crippen molar-refractivity contribution in [2.45, 2.75) is 13.0 Å². The Hall–Kier alpha value is -4.10. The summed E-state index contributed by atoms with van der Waals surface area (Å²) in [6.07, 6.45) is 0.684. The van der Waals surface area contributed by atoms with E-state index in [0.29, 0.717) is 21.5 Å². The first-order valence-electron chi connectivity index (χ1n) is 10.5. The lowest BCUT2D eigenvalue weighted by Gasteiger charge is -2.08. The molecule has 8 heteroatoms. The molecule has 0 aliphatic rings. The number of rotatable bonds is 7. The van der Waals surface area contributed by atoms with Gasteiger partial charge in [0, 0.05) is 17.6 Å². The van der Waals surface area contributed by atoms with E-state index < -0.39 is 12.1 Å². The molecule has 4 aromatic rings. The van der Waals surface area contributed by atoms with Crippen LogP contribution in [0.1, 0.15) is 12.0 Å². The molecule has 0 unspecified atom stereocenters. The number of hydrogen-bond donors (Lipinski definition) is 1. The van der Waals surface area contributed by atoms with Crippen LogP contribution in [0, 0.1) is 0 Å². The molecule has 172 valence electrons. The molecule has 1 N–H and O–H groups in total. The van der Waals surface area contributed by atoms with Gasteiger partial charge >= 0.3 is 12.1 Å². The third-order valence-electron chi connectivity index (χ3n) is 4.94. The smallest absolute Gasteiger partial charge is 0.407 e. The Bertz CT molecular complexity index is 1370. The summed E-state index contributed by atoms with van der Waals surface area (Å²) < 4.78 is 16.0. The van der Waals surface area contributed by atoms with Crippen molar-refractivity contribution >= 4 is 34.6 Å². The summed E-state index contributed by atoms with van der Waals surface area (Å²) in [5.41, 5.74) is 2.03. The molecule has 0 spiro atoms. The second-order valence-corrected chi connectivity index (χ2v) is 7.79. The van der Waals surface area contributed by atoms with Gasteiger partial charge in [-0.2, -0.15) is 0 Å². The number of alkyl carbamates (subject to hydrolysis) is 1. The number of nitrogens with one attached hydrogen (secondary N) is 1. The minimum Gasteiger partial charge on any atom is -0.463 e. The highest BCUT2D eigenvalue weighted by Gasteiger charge is 2.12. The van der Waals surface area contributed by atoms with Crippen LogP contribution in [-0.4, -0.2) is 18.6 Å². The van der Waals surface area contributed by atoms with Crippen molar-refractivity contribution in [3.05, 3.63) is 99.9 Å². The van der Waals surface area contributed by atoms with E-state index in [4.69, 9.17) is 25.5 Å². The molecule has 4 rings (SSSR count). The number of halogens is 1. The normalized spacial score (nSPS) is 10.6. The molecular weight excluding hydrogens is 458 g/mol. The minimum absolute atomic E-state index is 0.0551. The zero-order valence-corrected chi connectivity index (χ0v) is 18.7. The number of amides is 1. The molecule has 0 saturated heterocycles. The van der Waals surface area contributed by atoms with Crippen LogP contribution in [0.5, 0.6) is 5.75 Å². The first kappa shape index (κ1) is 23.1. The average molecular weight is 478 g/mol. The Morgan fingerprint density at radius 2 is 1.74 bits per heavy atom. The van der Waals surface area contributed by atoms with Gasteiger partial charge in [-0.15, -0.1) is 0 Å². The Morgan fingerprint density at radius 1 is 0.971 bits per heavy atom. The quantitative estimate of drug-likeness (QED) is 0.285. The number of carbonyl (C=O) groups is 2. The van der Waals surface area contributed by atoms with Crippen LogP contribution in [-0.2, 0) is 16.1 Å². The number of ether oxygens (including phenoxy) is 2. The fourth-order valence-electron chi connectivity index (χ4n) is 3.22. The fourth-order valence-corrected chi connectivity index (χ4v) is 3.35. The zero-order valence-electron chi connectivity index (χ0n) is 18.0. The minimum atomic E-state index is -0.624. The second kappa shape index (κ2) is 10.7. The van der Waals surface area contributed by atoms with Gasteiger partial charge in [-0.05, 0) is 35.4 Å². The topological polar surface area (TPSA) is 94.8 Å². The molecule has 34 heavy (non-hydrogen) atoms. The van der Waals surface area contributed by atoms with Crippen LogP contribution in [0.3, 0.4) is 0 Å². The molecule has 0 bridgehead atoms. The van der Waals surface area contributed by atoms with Gasteiger partial charge in [0.1, 0.15) is 24.2 Å². The van der Waals surface area contributed by atoms with Crippen molar-refractivity contribution in [3.8, 4) is 16.9 Å². The predicted octanol–water partition coefficient (Wildman–Crippen LogP) is 5.34. The lowest BCUT2D eigenvalue weighted by Crippen LogP contribution is -2.27. The number of carbonyl (C=O) groups excluding carboxylic acids is 2. The van der Waals surface area contributed by atoms with E-state index in [1.54, 1.807) is 30.3 Å². The number of fused-ring (bicyclic) bond motifs is 1. The third-order valence-corrected chi connectivity index (χ3v) is 5.20. The van der Waals surface area contributed by atoms with Crippen LogP contribution in [0.25, 0.3) is 22.1 Å². The van der Waals surface area contributed by atoms with Gasteiger partial charge in [0.15, 0.2) is 5.43 Å². The van der Waals surface area contributed by atoms with E-state index in [9.17, 15) is 14.4 Å². The fraction of sp³-hybridized carbons (Fsp3) is 0.115. The first-order valence-corrected chi connectivity index (χ1v) is 10.8. The zero-order chi connectivity index (χ0) is 23.9. The number of esters is 1. The second-order valence-electron chi connectivity index (χ2n) is 7.36. The van der Waals surface area contributed by atoms with Crippen molar-refractivity contribution in [3.63, 3.8) is 0 Å². The van der Waals surface area contributed by atoms with Crippen molar-refractivity contribution < 1.29 is 23.5 Å². The van der Waals surface area contributed by atoms with Crippen molar-refractivity contribution in [2.75, 3.05) is 6.54 Å². The molecule has 1 aromatic heterocycles. The number of benzene rings is 3. The summed E-state index contributed by atoms with van der Waals surface area (Å²) >= 11 is 5.91. The molecule has 0 radical (unpaired) electrons. The Morgan fingerprint density at radius 3 is 2.50 bits per heavy atom. The lowest BCUT2D eigenvalue weighted by atomic mass is 10.1. The summed E-state index contributed by atoms with van der Waals surface area (Å²) in [5, 5.41) is 3.43. The summed E-state index contributed by atoms with van der Waals surface area (Å²) in [6.45, 7) is 0.193. The highest BCUT2D eigenvalue weighted by atomic mass is 35.5. The molecule has 7 nitrogen and oxygen atoms in total. The van der Waals surface area contributed by atoms with E-state index >= 15 is 0 Å². The van der Waals surface area contributed by atoms with Crippen LogP contribution >= 0.6 is 11.6 Å². The Balaban J connectivity index is 1.31. The molecule has 0 aliphatic carbocycles. The molecule has 1 heterocycles. The van der Waals surface area contributed by atoms with Gasteiger partial charge < -0.3 is 19.2 Å². The summed E-state index contributed by atoms with van der Waals surface area (Å²) in [7, 11) is 0. The average Bonchev–Trinajstić information content (AvgIpc) is 2.84. The van der Waals surface area contributed by atoms with E-state index in [-0.39, 0.29) is 36.3 Å². The summed E-state index contributed by atoms with van der Waals surface area (Å²) in [5.74, 6) is -0.325. The highest BCUT2D eigenvalue weighted by molar-refractivity contribution is 6.30. The van der Waals surface area contributed by atoms with Gasteiger partial charge in [0.25, 0.3) is 0 Å². The van der Waals surface area contributed by atoms with Crippen LogP contribution in [0.4, 0.5) is 4.79 Å². The maximum atomic E-state index is 12.8. The van der Waals surface area contributed by atoms with Crippen LogP contribution in [0.15, 0.2) is 88.3 Å². The van der Waals surface area contributed by atoms with Crippen molar-refractivity contribution in [1.29, 1.82) is 0 Å². The van der Waals surface area contributed by atoms with E-state index in [1.807, 2.05) is 30.3 Å². The van der Waals surface area contributed by atoms with Gasteiger partial charge in [-0.3, -0.25) is 9.59 Å². The van der Waals surface area contributed by atoms with Gasteiger partial charge in [-0.1, -0.05) is 54.1 Å². The monoisotopic (exact) mass is 477 g/mol. The SMILES string of the molecule is O=C(CCNC(=O)OCc1ccccc1)Oc1ccc2c(=O)c(-c3ccc(Cl)cc3)coc2c1. The summed E-state index contributed by atoms with van der Waals surface area (Å²) in [4.78, 5) is 36.7. The maximum absolute atomic E-state index is 12.8. The highest BCUT2D eigenvalue weighted by Crippen LogP contribution is 2.24. The third kappa shape index (κ3) is 5.82. The molecular formula is C26H20ClNO6. The number of hydrogen-bond acceptors (Lipinski definition) is 6. The van der Waals surface area contributed by atoms with Gasteiger partial charge in [0.2, 0.25) is 0 Å². The maximum Gasteiger partial charge on any atom is 0.407 e. The van der Waals surface area contributed by atoms with E-state index in [2.05, 4.69) is 5.32 Å². The van der Waals surface area contributed by atoms with Gasteiger partial charge in [-0.25, -0.2) is 4.79 Å². The molecule has 0 atom stereocenters. The first-order chi connectivity index (χ1) is 16.5. The van der Waals surface area contributed by atoms with Gasteiger partial charge in [0.05, 0.1) is 17.4 Å².